The molecule has 1 N–H and O–H groups in total. The van der Waals surface area contributed by atoms with Crippen LogP contribution in [-0.4, -0.2) is 23.6 Å². The molecule has 1 amide bonds. The fraction of sp³-hybridized carbons (Fsp3) is 0.200. The molecule has 0 aliphatic carbocycles. The molecular formula is C25H20F3NO5. The highest BCUT2D eigenvalue weighted by Gasteiger charge is 2.33. The van der Waals surface area contributed by atoms with Crippen molar-refractivity contribution in [1.82, 2.24) is 0 Å². The Morgan fingerprint density at radius 3 is 2.44 bits per heavy atom. The number of carbonyl (C=O) groups is 2. The third kappa shape index (κ3) is 4.83. The van der Waals surface area contributed by atoms with Crippen molar-refractivity contribution < 1.29 is 37.3 Å². The Hall–Kier alpha value is -4.01. The average molecular weight is 471 g/mol. The highest BCUT2D eigenvalue weighted by atomic mass is 19.4. The van der Waals surface area contributed by atoms with Crippen molar-refractivity contribution >= 4 is 17.6 Å². The number of alkyl halides is 3. The Morgan fingerprint density at radius 2 is 1.79 bits per heavy atom. The van der Waals surface area contributed by atoms with Gasteiger partial charge in [0.25, 0.3) is 5.91 Å². The maximum Gasteiger partial charge on any atom is 0.416 e. The van der Waals surface area contributed by atoms with Crippen LogP contribution in [0.3, 0.4) is 0 Å². The molecule has 1 aliphatic heterocycles. The molecule has 0 spiro atoms. The number of fused-ring (bicyclic) bond motifs is 1. The number of carboxylic acids is 1. The van der Waals surface area contributed by atoms with E-state index in [0.29, 0.717) is 28.3 Å². The normalized spacial score (nSPS) is 13.1. The molecule has 34 heavy (non-hydrogen) atoms. The van der Waals surface area contributed by atoms with Crippen molar-refractivity contribution in [2.24, 2.45) is 0 Å². The van der Waals surface area contributed by atoms with Crippen LogP contribution < -0.4 is 14.4 Å². The molecule has 176 valence electrons. The van der Waals surface area contributed by atoms with E-state index in [4.69, 9.17) is 14.6 Å². The molecule has 3 aromatic carbocycles. The summed E-state index contributed by atoms with van der Waals surface area (Å²) in [6.45, 7) is 1.72. The van der Waals surface area contributed by atoms with Crippen LogP contribution in [-0.2, 0) is 24.1 Å². The molecule has 0 saturated heterocycles. The first-order chi connectivity index (χ1) is 16.1. The molecule has 3 aromatic rings. The number of aryl methyl sites for hydroxylation is 1. The molecule has 0 radical (unpaired) electrons. The van der Waals surface area contributed by atoms with Gasteiger partial charge in [-0.3, -0.25) is 4.79 Å². The van der Waals surface area contributed by atoms with E-state index in [0.717, 1.165) is 23.3 Å². The van der Waals surface area contributed by atoms with Crippen LogP contribution in [0.2, 0.25) is 0 Å². The predicted octanol–water partition coefficient (Wildman–Crippen LogP) is 5.22. The summed E-state index contributed by atoms with van der Waals surface area (Å²) in [4.78, 5) is 25.0. The third-order valence-electron chi connectivity index (χ3n) is 5.46. The minimum Gasteiger partial charge on any atom is -0.489 e. The van der Waals surface area contributed by atoms with Gasteiger partial charge in [0, 0.05) is 11.3 Å². The number of carboxylic acid groups (broad SMARTS) is 1. The largest absolute Gasteiger partial charge is 0.489 e. The Bertz CT molecular complexity index is 1240. The molecule has 0 bridgehead atoms. The van der Waals surface area contributed by atoms with E-state index in [1.807, 2.05) is 6.07 Å². The van der Waals surface area contributed by atoms with Gasteiger partial charge in [-0.25, -0.2) is 4.79 Å². The first kappa shape index (κ1) is 23.2. The summed E-state index contributed by atoms with van der Waals surface area (Å²) in [5.74, 6) is -0.375. The van der Waals surface area contributed by atoms with E-state index in [9.17, 15) is 22.8 Å². The summed E-state index contributed by atoms with van der Waals surface area (Å²) in [7, 11) is 0. The number of amides is 1. The standard InChI is InChI=1S/C25H20F3NO5/c1-15-11-19(9-10-22(15)34-14-23(30)31)33-13-16-3-2-4-20-21(16)12-29(24(20)32)18-7-5-17(6-8-18)25(26,27)28/h2-11H,12-14H2,1H3,(H,30,31). The molecule has 0 saturated carbocycles. The maximum absolute atomic E-state index is 12.9. The third-order valence-corrected chi connectivity index (χ3v) is 5.46. The predicted molar refractivity (Wildman–Crippen MR) is 117 cm³/mol. The summed E-state index contributed by atoms with van der Waals surface area (Å²) in [5, 5.41) is 8.74. The van der Waals surface area contributed by atoms with Gasteiger partial charge in [-0.2, -0.15) is 13.2 Å². The smallest absolute Gasteiger partial charge is 0.416 e. The Kier molecular flexibility index (Phi) is 6.19. The first-order valence-corrected chi connectivity index (χ1v) is 10.3. The number of rotatable bonds is 7. The lowest BCUT2D eigenvalue weighted by Crippen LogP contribution is -2.23. The maximum atomic E-state index is 12.9. The molecule has 1 heterocycles. The molecule has 1 aliphatic rings. The number of anilines is 1. The van der Waals surface area contributed by atoms with Gasteiger partial charge in [0.2, 0.25) is 0 Å². The number of carbonyl (C=O) groups excluding carboxylic acids is 1. The minimum absolute atomic E-state index is 0.173. The lowest BCUT2D eigenvalue weighted by Gasteiger charge is -2.17. The molecule has 9 heteroatoms. The summed E-state index contributed by atoms with van der Waals surface area (Å²) in [5.41, 5.74) is 2.34. The SMILES string of the molecule is Cc1cc(OCc2cccc3c2CN(c2ccc(C(F)(F)F)cc2)C3=O)ccc1OCC(=O)O. The van der Waals surface area contributed by atoms with Crippen molar-refractivity contribution in [3.63, 3.8) is 0 Å². The average Bonchev–Trinajstić information content (AvgIpc) is 3.13. The Balaban J connectivity index is 1.48. The van der Waals surface area contributed by atoms with Crippen LogP contribution >= 0.6 is 0 Å². The van der Waals surface area contributed by atoms with Gasteiger partial charge in [-0.05, 0) is 72.1 Å². The molecular weight excluding hydrogens is 451 g/mol. The van der Waals surface area contributed by atoms with Gasteiger partial charge in [-0.1, -0.05) is 12.1 Å². The zero-order valence-electron chi connectivity index (χ0n) is 18.1. The number of ether oxygens (including phenoxy) is 2. The zero-order valence-corrected chi connectivity index (χ0v) is 18.1. The second kappa shape index (κ2) is 9.09. The van der Waals surface area contributed by atoms with E-state index in [-0.39, 0.29) is 19.1 Å². The lowest BCUT2D eigenvalue weighted by atomic mass is 10.0. The van der Waals surface area contributed by atoms with Gasteiger partial charge in [0.15, 0.2) is 6.61 Å². The summed E-state index contributed by atoms with van der Waals surface area (Å²) in [6.07, 6.45) is -4.44. The van der Waals surface area contributed by atoms with Crippen molar-refractivity contribution in [1.29, 1.82) is 0 Å². The van der Waals surface area contributed by atoms with Crippen molar-refractivity contribution in [3.8, 4) is 11.5 Å². The first-order valence-electron chi connectivity index (χ1n) is 10.3. The minimum atomic E-state index is -4.44. The molecule has 0 aromatic heterocycles. The van der Waals surface area contributed by atoms with Crippen molar-refractivity contribution in [3.05, 3.63) is 88.5 Å². The van der Waals surface area contributed by atoms with Crippen LogP contribution in [0.5, 0.6) is 11.5 Å². The number of hydrogen-bond acceptors (Lipinski definition) is 4. The highest BCUT2D eigenvalue weighted by molar-refractivity contribution is 6.10. The van der Waals surface area contributed by atoms with Gasteiger partial charge in [0.1, 0.15) is 18.1 Å². The highest BCUT2D eigenvalue weighted by Crippen LogP contribution is 2.34. The second-order valence-electron chi connectivity index (χ2n) is 7.78. The monoisotopic (exact) mass is 471 g/mol. The molecule has 0 fully saturated rings. The summed E-state index contributed by atoms with van der Waals surface area (Å²) < 4.78 is 49.7. The zero-order chi connectivity index (χ0) is 24.5. The van der Waals surface area contributed by atoms with Crippen LogP contribution in [0, 0.1) is 6.92 Å². The number of benzene rings is 3. The molecule has 6 nitrogen and oxygen atoms in total. The van der Waals surface area contributed by atoms with Gasteiger partial charge >= 0.3 is 12.1 Å². The number of halogens is 3. The van der Waals surface area contributed by atoms with Crippen LogP contribution in [0.25, 0.3) is 0 Å². The van der Waals surface area contributed by atoms with E-state index in [1.165, 1.54) is 17.0 Å². The second-order valence-corrected chi connectivity index (χ2v) is 7.78. The summed E-state index contributed by atoms with van der Waals surface area (Å²) in [6, 6.07) is 14.8. The number of nitrogens with zero attached hydrogens (tertiary/aromatic N) is 1. The lowest BCUT2D eigenvalue weighted by molar-refractivity contribution is -0.139. The van der Waals surface area contributed by atoms with E-state index in [1.54, 1.807) is 37.3 Å². The quantitative estimate of drug-likeness (QED) is 0.512. The molecule has 0 unspecified atom stereocenters. The Morgan fingerprint density at radius 1 is 1.06 bits per heavy atom. The summed E-state index contributed by atoms with van der Waals surface area (Å²) >= 11 is 0. The fourth-order valence-electron chi connectivity index (χ4n) is 3.75. The topological polar surface area (TPSA) is 76.1 Å². The van der Waals surface area contributed by atoms with E-state index < -0.39 is 24.3 Å². The van der Waals surface area contributed by atoms with Gasteiger partial charge in [0.05, 0.1) is 12.1 Å². The van der Waals surface area contributed by atoms with E-state index in [2.05, 4.69) is 0 Å². The van der Waals surface area contributed by atoms with E-state index >= 15 is 0 Å². The number of hydrogen-bond donors (Lipinski definition) is 1. The number of aliphatic carboxylic acids is 1. The Labute approximate surface area is 193 Å². The van der Waals surface area contributed by atoms with Crippen molar-refractivity contribution in [2.45, 2.75) is 26.3 Å². The molecule has 0 atom stereocenters. The molecule has 4 rings (SSSR count). The van der Waals surface area contributed by atoms with Gasteiger partial charge in [-0.15, -0.1) is 0 Å². The van der Waals surface area contributed by atoms with Crippen LogP contribution in [0.1, 0.15) is 32.6 Å². The fourth-order valence-corrected chi connectivity index (χ4v) is 3.75. The van der Waals surface area contributed by atoms with Crippen LogP contribution in [0.15, 0.2) is 60.7 Å². The van der Waals surface area contributed by atoms with Crippen LogP contribution in [0.4, 0.5) is 18.9 Å². The van der Waals surface area contributed by atoms with Crippen molar-refractivity contribution in [2.75, 3.05) is 11.5 Å². The van der Waals surface area contributed by atoms with Gasteiger partial charge < -0.3 is 19.5 Å².